The summed E-state index contributed by atoms with van der Waals surface area (Å²) in [5.74, 6) is 0.197. The molecule has 0 aromatic heterocycles. The Hall–Kier alpha value is -4.46. The molecule has 1 amide bonds. The predicted molar refractivity (Wildman–Crippen MR) is 143 cm³/mol. The molecule has 1 heterocycles. The second-order valence-electron chi connectivity index (χ2n) is 9.08. The average molecular weight is 518 g/mol. The Labute approximate surface area is 222 Å². The molecule has 1 N–H and O–H groups in total. The number of aliphatic hydroxyl groups is 1. The number of methoxy groups -OCH3 is 3. The van der Waals surface area contributed by atoms with E-state index in [9.17, 15) is 14.7 Å². The van der Waals surface area contributed by atoms with E-state index in [1.807, 2.05) is 32.0 Å². The Morgan fingerprint density at radius 2 is 1.55 bits per heavy atom. The van der Waals surface area contributed by atoms with Crippen molar-refractivity contribution in [3.63, 3.8) is 0 Å². The molecule has 0 saturated carbocycles. The molecule has 1 fully saturated rings. The van der Waals surface area contributed by atoms with Crippen LogP contribution in [0.3, 0.4) is 0 Å². The van der Waals surface area contributed by atoms with Gasteiger partial charge in [-0.15, -0.1) is 0 Å². The van der Waals surface area contributed by atoms with Gasteiger partial charge in [0.25, 0.3) is 11.7 Å². The largest absolute Gasteiger partial charge is 0.507 e. The summed E-state index contributed by atoms with van der Waals surface area (Å²) in [6.07, 6.45) is -0.0723. The van der Waals surface area contributed by atoms with E-state index in [0.717, 1.165) is 5.56 Å². The molecule has 1 unspecified atom stereocenters. The summed E-state index contributed by atoms with van der Waals surface area (Å²) < 4.78 is 21.9. The van der Waals surface area contributed by atoms with E-state index in [4.69, 9.17) is 18.9 Å². The van der Waals surface area contributed by atoms with Crippen molar-refractivity contribution in [2.75, 3.05) is 21.3 Å². The van der Waals surface area contributed by atoms with Crippen molar-refractivity contribution in [2.24, 2.45) is 0 Å². The zero-order valence-corrected chi connectivity index (χ0v) is 22.1. The molecule has 0 radical (unpaired) electrons. The Bertz CT molecular complexity index is 1380. The van der Waals surface area contributed by atoms with Gasteiger partial charge >= 0.3 is 0 Å². The minimum atomic E-state index is -0.872. The highest BCUT2D eigenvalue weighted by molar-refractivity contribution is 6.46. The number of likely N-dealkylation sites (tertiary alicyclic amines) is 1. The Balaban J connectivity index is 1.89. The van der Waals surface area contributed by atoms with Crippen LogP contribution in [0, 0.1) is 0 Å². The molecule has 1 atom stereocenters. The summed E-state index contributed by atoms with van der Waals surface area (Å²) in [5.41, 5.74) is 1.63. The number of benzene rings is 3. The summed E-state index contributed by atoms with van der Waals surface area (Å²) in [6, 6.07) is 18.5. The molecule has 3 aromatic rings. The van der Waals surface area contributed by atoms with Crippen LogP contribution in [0.2, 0.25) is 0 Å². The SMILES string of the molecule is COc1cccc(CN2C(=O)C(=O)/C(=C(/O)c3ccc(OC)cc3OC)C2c2cccc(OC(C)C)c2)c1. The highest BCUT2D eigenvalue weighted by Crippen LogP contribution is 2.43. The predicted octanol–water partition coefficient (Wildman–Crippen LogP) is 5.12. The lowest BCUT2D eigenvalue weighted by atomic mass is 9.94. The normalized spacial score (nSPS) is 16.6. The molecule has 38 heavy (non-hydrogen) atoms. The van der Waals surface area contributed by atoms with Crippen molar-refractivity contribution in [1.29, 1.82) is 0 Å². The summed E-state index contributed by atoms with van der Waals surface area (Å²) in [4.78, 5) is 28.4. The second-order valence-corrected chi connectivity index (χ2v) is 9.08. The van der Waals surface area contributed by atoms with Crippen LogP contribution < -0.4 is 18.9 Å². The maximum Gasteiger partial charge on any atom is 0.295 e. The lowest BCUT2D eigenvalue weighted by Gasteiger charge is -2.26. The number of hydrogen-bond donors (Lipinski definition) is 1. The molecule has 1 saturated heterocycles. The highest BCUT2D eigenvalue weighted by atomic mass is 16.5. The Kier molecular flexibility index (Phi) is 7.90. The van der Waals surface area contributed by atoms with Gasteiger partial charge in [-0.3, -0.25) is 9.59 Å². The van der Waals surface area contributed by atoms with Gasteiger partial charge in [-0.25, -0.2) is 0 Å². The molecule has 198 valence electrons. The van der Waals surface area contributed by atoms with Crippen molar-refractivity contribution in [3.8, 4) is 23.0 Å². The first-order chi connectivity index (χ1) is 18.3. The number of aliphatic hydroxyl groups excluding tert-OH is 1. The van der Waals surface area contributed by atoms with Gasteiger partial charge in [-0.05, 0) is 61.4 Å². The van der Waals surface area contributed by atoms with Gasteiger partial charge in [-0.2, -0.15) is 0 Å². The number of nitrogens with zero attached hydrogens (tertiary/aromatic N) is 1. The van der Waals surface area contributed by atoms with Crippen LogP contribution in [0.25, 0.3) is 5.76 Å². The fourth-order valence-electron chi connectivity index (χ4n) is 4.53. The zero-order chi connectivity index (χ0) is 27.4. The number of amides is 1. The van der Waals surface area contributed by atoms with Crippen molar-refractivity contribution < 1.29 is 33.6 Å². The molecular formula is C30H31NO7. The number of hydrogen-bond acceptors (Lipinski definition) is 7. The van der Waals surface area contributed by atoms with E-state index in [1.165, 1.54) is 19.1 Å². The number of rotatable bonds is 9. The second kappa shape index (κ2) is 11.3. The van der Waals surface area contributed by atoms with Crippen LogP contribution in [0.4, 0.5) is 0 Å². The van der Waals surface area contributed by atoms with Gasteiger partial charge in [0.1, 0.15) is 28.8 Å². The van der Waals surface area contributed by atoms with Gasteiger partial charge in [0.15, 0.2) is 0 Å². The molecular weight excluding hydrogens is 486 g/mol. The lowest BCUT2D eigenvalue weighted by Crippen LogP contribution is -2.29. The maximum atomic E-state index is 13.5. The van der Waals surface area contributed by atoms with E-state index >= 15 is 0 Å². The van der Waals surface area contributed by atoms with Crippen molar-refractivity contribution in [2.45, 2.75) is 32.5 Å². The third kappa shape index (κ3) is 5.29. The molecule has 0 aliphatic carbocycles. The van der Waals surface area contributed by atoms with Gasteiger partial charge < -0.3 is 29.0 Å². The number of Topliss-reactive ketones (excluding diaryl/α,β-unsaturated/α-hetero) is 1. The standard InChI is InChI=1S/C30H31NO7/c1-18(2)38-23-11-7-9-20(15-23)27-26(28(32)24-13-12-22(36-4)16-25(24)37-5)29(33)30(34)31(27)17-19-8-6-10-21(14-19)35-3/h6-16,18,27,32H,17H2,1-5H3/b28-26+. The number of ketones is 1. The zero-order valence-electron chi connectivity index (χ0n) is 22.1. The number of carbonyl (C=O) groups excluding carboxylic acids is 2. The maximum absolute atomic E-state index is 13.5. The van der Waals surface area contributed by atoms with Gasteiger partial charge in [-0.1, -0.05) is 24.3 Å². The van der Waals surface area contributed by atoms with E-state index < -0.39 is 17.7 Å². The summed E-state index contributed by atoms with van der Waals surface area (Å²) in [7, 11) is 4.54. The molecule has 0 bridgehead atoms. The molecule has 0 spiro atoms. The number of carbonyl (C=O) groups is 2. The third-order valence-corrected chi connectivity index (χ3v) is 6.24. The topological polar surface area (TPSA) is 94.5 Å². The van der Waals surface area contributed by atoms with E-state index in [2.05, 4.69) is 0 Å². The molecule has 3 aromatic carbocycles. The Morgan fingerprint density at radius 1 is 0.868 bits per heavy atom. The van der Waals surface area contributed by atoms with Crippen LogP contribution in [0.15, 0.2) is 72.3 Å². The first-order valence-corrected chi connectivity index (χ1v) is 12.2. The van der Waals surface area contributed by atoms with Gasteiger partial charge in [0, 0.05) is 12.6 Å². The fraction of sp³-hybridized carbons (Fsp3) is 0.267. The summed E-state index contributed by atoms with van der Waals surface area (Å²) in [6.45, 7) is 3.95. The fourth-order valence-corrected chi connectivity index (χ4v) is 4.53. The van der Waals surface area contributed by atoms with Crippen LogP contribution in [0.5, 0.6) is 23.0 Å². The number of ether oxygens (including phenoxy) is 4. The lowest BCUT2D eigenvalue weighted by molar-refractivity contribution is -0.140. The minimum Gasteiger partial charge on any atom is -0.507 e. The monoisotopic (exact) mass is 517 g/mol. The molecule has 8 heteroatoms. The Morgan fingerprint density at radius 3 is 2.24 bits per heavy atom. The highest BCUT2D eigenvalue weighted by Gasteiger charge is 2.46. The van der Waals surface area contributed by atoms with Crippen LogP contribution in [0.1, 0.15) is 36.6 Å². The third-order valence-electron chi connectivity index (χ3n) is 6.24. The minimum absolute atomic E-state index is 0.0388. The van der Waals surface area contributed by atoms with Gasteiger partial charge in [0.2, 0.25) is 0 Å². The van der Waals surface area contributed by atoms with E-state index in [1.54, 1.807) is 55.6 Å². The first kappa shape index (κ1) is 26.6. The average Bonchev–Trinajstić information content (AvgIpc) is 3.17. The van der Waals surface area contributed by atoms with E-state index in [0.29, 0.717) is 28.6 Å². The van der Waals surface area contributed by atoms with Crippen LogP contribution in [-0.4, -0.2) is 49.1 Å². The van der Waals surface area contributed by atoms with Crippen LogP contribution in [-0.2, 0) is 16.1 Å². The quantitative estimate of drug-likeness (QED) is 0.239. The summed E-state index contributed by atoms with van der Waals surface area (Å²) in [5, 5.41) is 11.5. The van der Waals surface area contributed by atoms with E-state index in [-0.39, 0.29) is 29.5 Å². The molecule has 1 aliphatic rings. The van der Waals surface area contributed by atoms with Crippen molar-refractivity contribution >= 4 is 17.4 Å². The molecule has 4 rings (SSSR count). The van der Waals surface area contributed by atoms with Crippen molar-refractivity contribution in [1.82, 2.24) is 4.90 Å². The molecule has 1 aliphatic heterocycles. The smallest absolute Gasteiger partial charge is 0.295 e. The van der Waals surface area contributed by atoms with Gasteiger partial charge in [0.05, 0.1) is 44.6 Å². The molecule has 8 nitrogen and oxygen atoms in total. The van der Waals surface area contributed by atoms with Crippen LogP contribution >= 0.6 is 0 Å². The van der Waals surface area contributed by atoms with Crippen molar-refractivity contribution in [3.05, 3.63) is 89.0 Å². The summed E-state index contributed by atoms with van der Waals surface area (Å²) >= 11 is 0. The first-order valence-electron chi connectivity index (χ1n) is 12.2.